The molecule has 9 aliphatic rings. The van der Waals surface area contributed by atoms with E-state index in [9.17, 15) is 35.1 Å². The summed E-state index contributed by atoms with van der Waals surface area (Å²) in [7, 11) is 0. The number of amides is 2. The number of aryl methyl sites for hydroxylation is 3. The molecule has 0 saturated heterocycles. The first-order valence-corrected chi connectivity index (χ1v) is 47.0. The largest absolute Gasteiger partial charge is 0.508 e. The maximum absolute atomic E-state index is 13.2. The van der Waals surface area contributed by atoms with E-state index >= 15 is 0 Å². The van der Waals surface area contributed by atoms with Gasteiger partial charge in [-0.2, -0.15) is 25.5 Å². The molecule has 2 amide bonds. The van der Waals surface area contributed by atoms with Crippen LogP contribution in [0.1, 0.15) is 171 Å². The van der Waals surface area contributed by atoms with Gasteiger partial charge in [0.05, 0.1) is 128 Å². The minimum atomic E-state index is -0.365. The molecule has 24 rings (SSSR count). The summed E-state index contributed by atoms with van der Waals surface area (Å²) in [5, 5.41) is 89.9. The Morgan fingerprint density at radius 2 is 1.11 bits per heavy atom. The Morgan fingerprint density at radius 1 is 0.582 bits per heavy atom. The minimum absolute atomic E-state index is 0. The number of nitrogens with one attached hydrogen (secondary N) is 6. The van der Waals surface area contributed by atoms with E-state index in [1.165, 1.54) is 93.1 Å². The van der Waals surface area contributed by atoms with Crippen molar-refractivity contribution in [3.05, 3.63) is 315 Å². The summed E-state index contributed by atoms with van der Waals surface area (Å²) in [4.78, 5) is 52.1. The topological polar surface area (TPSA) is 350 Å². The zero-order valence-electron chi connectivity index (χ0n) is 73.7. The third-order valence-electron chi connectivity index (χ3n) is 27.0. The number of imide groups is 1. The number of allylic oxidation sites excluding steroid dienone is 3. The summed E-state index contributed by atoms with van der Waals surface area (Å²) in [5.74, 6) is 0.699. The van der Waals surface area contributed by atoms with Crippen molar-refractivity contribution in [2.75, 3.05) is 0 Å². The van der Waals surface area contributed by atoms with E-state index in [0.717, 1.165) is 172 Å². The summed E-state index contributed by atoms with van der Waals surface area (Å²) in [6.45, 7) is 6.02. The van der Waals surface area contributed by atoms with Gasteiger partial charge < -0.3 is 41.7 Å². The van der Waals surface area contributed by atoms with Crippen molar-refractivity contribution in [1.82, 2.24) is 76.6 Å². The van der Waals surface area contributed by atoms with Gasteiger partial charge in [-0.25, -0.2) is 24.9 Å². The lowest BCUT2D eigenvalue weighted by molar-refractivity contribution is 0.0571. The molecule has 6 aliphatic carbocycles. The summed E-state index contributed by atoms with van der Waals surface area (Å²) in [6.07, 6.45) is 46.7. The lowest BCUT2D eigenvalue weighted by Crippen LogP contribution is -2.43. The van der Waals surface area contributed by atoms with Crippen LogP contribution in [-0.4, -0.2) is 139 Å². The van der Waals surface area contributed by atoms with Gasteiger partial charge >= 0.3 is 0 Å². The second-order valence-corrected chi connectivity index (χ2v) is 36.4. The molecule has 676 valence electrons. The standard InChI is InChI=1S/C28H20N4O3.C20H18BrN3O.C20H17N3O2.C20H19N3O.C19H25ClN4.ClH/c33-17-8-5-15(6-9-17)26-21-13-16(32-27(34)19-3-1-2-4-20(19)28(32)35)7-10-18(21)25-22-14-29-31-23(22)11-12-24(25)30-26;21-20-18-16(23-24-20)10-9-15-17(18)13-3-1-2-4-14(13)19(22-15)11-5-7-12(25)8-6-11;24-12-3-1-11(2-4-12)20-15-9-13(25)5-6-14(15)19-16-10-21-23-17(16)7-8-18(19)22-20;24-13-7-5-12(6-8-13)20-15-4-2-1-3-14(15)19-16-11-21-23-17(16)9-10-18(19)22-20;1-3-5-6-7-8-18(15-9-10-19(20)22-13-15)21-12-11-16-14-23-24-17(16)4-2;/h1-6,8-9,11-12,14,16,33H,7,10,13H2,(H,29,31);5-10,16,18,23,25H,1-4H2;1-4,7-8,10,13,24-25H,5-6,9H2,(H,21,23);5-7,9-11,13,24H,1-4,8H2,(H,21,23);4,7-14,16-18,21,24H,2-3,5-6H2,1H3;1H/b;;;;8-7+,12-11+;. The van der Waals surface area contributed by atoms with Crippen molar-refractivity contribution in [2.24, 2.45) is 16.1 Å². The quantitative estimate of drug-likeness (QED) is 0.0208. The summed E-state index contributed by atoms with van der Waals surface area (Å²) >= 11 is 9.54. The number of hydrogen-bond acceptors (Lipinski definition) is 20. The van der Waals surface area contributed by atoms with Crippen molar-refractivity contribution >= 4 is 140 Å². The molecule has 3 aliphatic heterocycles. The van der Waals surface area contributed by atoms with Gasteiger partial charge in [-0.05, 0) is 313 Å². The molecule has 24 nitrogen and oxygen atoms in total. The fraction of sp³-hybridized carbons (Fsp3) is 0.252. The van der Waals surface area contributed by atoms with Crippen LogP contribution >= 0.6 is 39.9 Å². The summed E-state index contributed by atoms with van der Waals surface area (Å²) < 4.78 is 0.968. The lowest BCUT2D eigenvalue weighted by Gasteiger charge is -2.32. The van der Waals surface area contributed by atoms with Crippen LogP contribution < -0.4 is 16.2 Å². The van der Waals surface area contributed by atoms with Crippen LogP contribution in [0.2, 0.25) is 5.15 Å². The number of aromatic nitrogens is 11. The predicted molar refractivity (Wildman–Crippen MR) is 536 cm³/mol. The molecule has 15 aromatic rings. The number of aromatic hydroxyl groups is 3. The van der Waals surface area contributed by atoms with Crippen LogP contribution in [0.25, 0.3) is 111 Å². The number of nitrogens with zero attached hydrogens (tertiary/aromatic N) is 11. The Hall–Kier alpha value is -13.8. The maximum atomic E-state index is 13.2. The number of phenolic OH excluding ortho intramolecular Hbond substituents is 3. The number of hydrazone groups is 2. The number of H-pyrrole nitrogens is 3. The number of aromatic amines is 3. The van der Waals surface area contributed by atoms with Crippen molar-refractivity contribution < 1.29 is 35.1 Å². The Morgan fingerprint density at radius 3 is 1.66 bits per heavy atom. The average molecular weight is 1890 g/mol. The number of aliphatic hydroxyl groups excluding tert-OH is 2. The first-order valence-electron chi connectivity index (χ1n) is 45.9. The van der Waals surface area contributed by atoms with Crippen molar-refractivity contribution in [3.8, 4) is 51.0 Å². The second-order valence-electron chi connectivity index (χ2n) is 35.2. The average Bonchev–Trinajstić information content (AvgIpc) is 1.72. The molecule has 0 fully saturated rings. The van der Waals surface area contributed by atoms with E-state index in [0.29, 0.717) is 48.4 Å². The number of unbranched alkanes of at least 4 members (excludes halogenated alkanes) is 2. The molecule has 0 saturated carbocycles. The molecule has 0 radical (unpaired) electrons. The molecule has 8 atom stereocenters. The molecular weight excluding hydrogens is 1790 g/mol. The lowest BCUT2D eigenvalue weighted by atomic mass is 9.77. The van der Waals surface area contributed by atoms with Gasteiger partial charge in [0.25, 0.3) is 11.8 Å². The third-order valence-corrected chi connectivity index (χ3v) is 27.8. The zero-order chi connectivity index (χ0) is 90.9. The van der Waals surface area contributed by atoms with E-state index in [1.807, 2.05) is 128 Å². The fourth-order valence-corrected chi connectivity index (χ4v) is 21.1. The Bertz CT molecular complexity index is 7230. The predicted octanol–water partition coefficient (Wildman–Crippen LogP) is 20.6. The second kappa shape index (κ2) is 39.2. The molecule has 7 aromatic carbocycles. The molecule has 8 unspecified atom stereocenters. The van der Waals surface area contributed by atoms with Gasteiger partial charge in [-0.1, -0.05) is 98.2 Å². The van der Waals surface area contributed by atoms with E-state index in [4.69, 9.17) is 31.5 Å². The number of carbonyl (C=O) groups is 2. The third kappa shape index (κ3) is 17.8. The number of carbonyl (C=O) groups excluding carboxylic acids is 2. The van der Waals surface area contributed by atoms with E-state index in [-0.39, 0.29) is 89.7 Å². The number of benzene rings is 7. The maximum Gasteiger partial charge on any atom is 0.261 e. The monoisotopic (exact) mass is 1880 g/mol. The Balaban J connectivity index is 0.000000109. The molecule has 0 spiro atoms. The number of pyridine rings is 5. The van der Waals surface area contributed by atoms with Crippen LogP contribution in [-0.2, 0) is 51.4 Å². The van der Waals surface area contributed by atoms with Gasteiger partial charge in [0.15, 0.2) is 0 Å². The highest BCUT2D eigenvalue weighted by Crippen LogP contribution is 2.47. The number of hydrogen-bond donors (Lipinski definition) is 11. The summed E-state index contributed by atoms with van der Waals surface area (Å²) in [6, 6.07) is 44.7. The Kier molecular flexibility index (Phi) is 26.1. The van der Waals surface area contributed by atoms with Crippen LogP contribution in [0.5, 0.6) is 17.2 Å². The van der Waals surface area contributed by atoms with Gasteiger partial charge in [0, 0.05) is 79.8 Å². The molecule has 0 bridgehead atoms. The SMILES string of the molecule is C=CC1NN=CC1/C=C/NC(/C=C/CCCC)c1ccc(Cl)nc1.Cl.O=C1c2ccccc2C(=O)N1C1CCc2c(c(-c3ccc(O)cc3)nc3ccc4[nH]ncc4c23)C1.OC1C=CC(c2nc3ccc4[nH]ncc4c3c3c2CCCC3)=CC1.Oc1ccc(-c2nc3c(c4c2CCCC4)C2C(Br)=NNC2C=C3)cc1.Oc1ccc(-c2nc3ccc4[nH]ncc4c3c3c2CC(O)CC3)cc1. The van der Waals surface area contributed by atoms with Crippen LogP contribution in [0, 0.1) is 5.92 Å². The van der Waals surface area contributed by atoms with Crippen LogP contribution in [0.4, 0.5) is 0 Å². The minimum Gasteiger partial charge on any atom is -0.508 e. The first kappa shape index (κ1) is 89.4. The number of aliphatic hydroxyl groups is 2. The Labute approximate surface area is 793 Å². The van der Waals surface area contributed by atoms with Gasteiger partial charge in [0.1, 0.15) is 27.0 Å². The highest BCUT2D eigenvalue weighted by Gasteiger charge is 2.43. The van der Waals surface area contributed by atoms with Gasteiger partial charge in [0.2, 0.25) is 0 Å². The highest BCUT2D eigenvalue weighted by atomic mass is 79.9. The van der Waals surface area contributed by atoms with Gasteiger partial charge in [-0.15, -0.1) is 19.0 Å². The van der Waals surface area contributed by atoms with Crippen molar-refractivity contribution in [2.45, 2.75) is 165 Å². The van der Waals surface area contributed by atoms with Crippen molar-refractivity contribution in [3.63, 3.8) is 0 Å². The normalized spacial score (nSPS) is 19.5. The van der Waals surface area contributed by atoms with Crippen LogP contribution in [0.3, 0.4) is 0 Å². The first-order chi connectivity index (χ1) is 65.1. The molecule has 11 heterocycles. The smallest absolute Gasteiger partial charge is 0.261 e. The summed E-state index contributed by atoms with van der Waals surface area (Å²) in [5.41, 5.74) is 34.7. The molecule has 27 heteroatoms. The van der Waals surface area contributed by atoms with E-state index < -0.39 is 0 Å². The van der Waals surface area contributed by atoms with E-state index in [1.54, 1.807) is 60.7 Å². The highest BCUT2D eigenvalue weighted by molar-refractivity contribution is 9.18. The number of halogens is 3. The molecule has 11 N–H and O–H groups in total. The fourth-order valence-electron chi connectivity index (χ4n) is 20.3. The van der Waals surface area contributed by atoms with Crippen LogP contribution in [0.15, 0.2) is 242 Å². The van der Waals surface area contributed by atoms with Gasteiger partial charge in [-0.3, -0.25) is 29.8 Å². The number of phenols is 3. The number of fused-ring (bicyclic) bond motifs is 21. The molecular formula is C107H100BrCl2N17O7. The number of rotatable bonds is 14. The van der Waals surface area contributed by atoms with E-state index in [2.05, 4.69) is 140 Å². The molecule has 134 heavy (non-hydrogen) atoms. The zero-order valence-corrected chi connectivity index (χ0v) is 76.9. The van der Waals surface area contributed by atoms with Crippen molar-refractivity contribution in [1.29, 1.82) is 0 Å². The molecule has 8 aromatic heterocycles.